The monoisotopic (exact) mass is 139 g/mol. The summed E-state index contributed by atoms with van der Waals surface area (Å²) in [6.45, 7) is 1.83. The zero-order valence-electron chi connectivity index (χ0n) is 5.74. The highest BCUT2D eigenvalue weighted by Gasteiger charge is 2.16. The summed E-state index contributed by atoms with van der Waals surface area (Å²) in [6, 6.07) is 0. The van der Waals surface area contributed by atoms with E-state index in [0.29, 0.717) is 6.42 Å². The minimum absolute atomic E-state index is 0.363. The predicted octanol–water partition coefficient (Wildman–Crippen LogP) is 1.07. The molecule has 0 bridgehead atoms. The maximum atomic E-state index is 10.4. The molecule has 0 aromatic carbocycles. The zero-order chi connectivity index (χ0) is 7.56. The lowest BCUT2D eigenvalue weighted by atomic mass is 10.0. The highest BCUT2D eigenvalue weighted by Crippen LogP contribution is 2.11. The van der Waals surface area contributed by atoms with Crippen LogP contribution in [0.2, 0.25) is 0 Å². The highest BCUT2D eigenvalue weighted by molar-refractivity contribution is 5.88. The second-order valence-corrected chi connectivity index (χ2v) is 2.35. The number of aliphatic carboxylic acids is 1. The van der Waals surface area contributed by atoms with Gasteiger partial charge in [-0.25, -0.2) is 0 Å². The van der Waals surface area contributed by atoms with Crippen LogP contribution < -0.4 is 0 Å². The van der Waals surface area contributed by atoms with Crippen molar-refractivity contribution in [3.05, 3.63) is 12.3 Å². The van der Waals surface area contributed by atoms with Crippen LogP contribution in [-0.4, -0.2) is 16.8 Å². The van der Waals surface area contributed by atoms with E-state index in [-0.39, 0.29) is 5.92 Å². The molecule has 1 aliphatic rings. The first-order valence-corrected chi connectivity index (χ1v) is 3.13. The number of carboxylic acids is 1. The molecule has 1 heterocycles. The van der Waals surface area contributed by atoms with Gasteiger partial charge in [0.25, 0.3) is 0 Å². The quantitative estimate of drug-likeness (QED) is 0.590. The maximum Gasteiger partial charge on any atom is 0.310 e. The highest BCUT2D eigenvalue weighted by atomic mass is 16.4. The van der Waals surface area contributed by atoms with E-state index in [1.807, 2.05) is 6.92 Å². The number of hydrogen-bond donors (Lipinski definition) is 1. The standard InChI is InChI=1S/C7H9NO2/c1-5-4-6(7(9)10)2-3-8-5/h2-3,6H,4H2,1H3,(H,9,10). The fraction of sp³-hybridized carbons (Fsp3) is 0.429. The van der Waals surface area contributed by atoms with Gasteiger partial charge in [-0.1, -0.05) is 6.08 Å². The Morgan fingerprint density at radius 3 is 3.00 bits per heavy atom. The molecule has 54 valence electrons. The first-order valence-electron chi connectivity index (χ1n) is 3.13. The van der Waals surface area contributed by atoms with Gasteiger partial charge in [0.1, 0.15) is 0 Å². The molecule has 0 saturated heterocycles. The lowest BCUT2D eigenvalue weighted by Crippen LogP contribution is -2.16. The minimum atomic E-state index is -0.773. The predicted molar refractivity (Wildman–Crippen MR) is 38.0 cm³/mol. The molecule has 3 heteroatoms. The van der Waals surface area contributed by atoms with Crippen molar-refractivity contribution in [3.8, 4) is 0 Å². The number of rotatable bonds is 1. The number of carboxylic acid groups (broad SMARTS) is 1. The number of aliphatic imine (C=N–C) groups is 1. The summed E-state index contributed by atoms with van der Waals surface area (Å²) in [5.74, 6) is -1.14. The molecule has 0 aliphatic carbocycles. The Hall–Kier alpha value is -1.12. The summed E-state index contributed by atoms with van der Waals surface area (Å²) >= 11 is 0. The Balaban J connectivity index is 2.64. The molecule has 0 amide bonds. The Bertz CT molecular complexity index is 206. The second-order valence-electron chi connectivity index (χ2n) is 2.35. The molecule has 1 atom stereocenters. The molecule has 10 heavy (non-hydrogen) atoms. The summed E-state index contributed by atoms with van der Waals surface area (Å²) < 4.78 is 0. The topological polar surface area (TPSA) is 49.7 Å². The first kappa shape index (κ1) is 6.99. The molecule has 0 radical (unpaired) electrons. The third-order valence-corrected chi connectivity index (χ3v) is 1.45. The average molecular weight is 139 g/mol. The largest absolute Gasteiger partial charge is 0.481 e. The number of hydrogen-bond acceptors (Lipinski definition) is 2. The molecule has 0 aromatic heterocycles. The van der Waals surface area contributed by atoms with Gasteiger partial charge >= 0.3 is 5.97 Å². The van der Waals surface area contributed by atoms with Crippen molar-refractivity contribution >= 4 is 11.7 Å². The van der Waals surface area contributed by atoms with E-state index in [4.69, 9.17) is 5.11 Å². The van der Waals surface area contributed by atoms with Crippen molar-refractivity contribution in [2.45, 2.75) is 13.3 Å². The van der Waals surface area contributed by atoms with E-state index in [0.717, 1.165) is 5.71 Å². The van der Waals surface area contributed by atoms with Crippen LogP contribution in [0.15, 0.2) is 17.3 Å². The Morgan fingerprint density at radius 2 is 2.60 bits per heavy atom. The van der Waals surface area contributed by atoms with E-state index in [2.05, 4.69) is 4.99 Å². The molecule has 0 saturated carbocycles. The van der Waals surface area contributed by atoms with Crippen molar-refractivity contribution in [2.75, 3.05) is 0 Å². The lowest BCUT2D eigenvalue weighted by Gasteiger charge is -2.09. The van der Waals surface area contributed by atoms with Gasteiger partial charge in [0, 0.05) is 18.3 Å². The summed E-state index contributed by atoms with van der Waals surface area (Å²) in [6.07, 6.45) is 3.71. The smallest absolute Gasteiger partial charge is 0.310 e. The van der Waals surface area contributed by atoms with E-state index < -0.39 is 5.97 Å². The van der Waals surface area contributed by atoms with Crippen LogP contribution in [0.3, 0.4) is 0 Å². The first-order chi connectivity index (χ1) is 4.70. The summed E-state index contributed by atoms with van der Waals surface area (Å²) in [4.78, 5) is 14.3. The van der Waals surface area contributed by atoms with Crippen LogP contribution in [0.5, 0.6) is 0 Å². The summed E-state index contributed by atoms with van der Waals surface area (Å²) in [5.41, 5.74) is 0.884. The molecular formula is C7H9NO2. The zero-order valence-corrected chi connectivity index (χ0v) is 5.74. The molecule has 1 aliphatic heterocycles. The van der Waals surface area contributed by atoms with Crippen LogP contribution in [0.25, 0.3) is 0 Å². The summed E-state index contributed by atoms with van der Waals surface area (Å²) in [5, 5.41) is 8.55. The molecule has 3 nitrogen and oxygen atoms in total. The molecule has 1 unspecified atom stereocenters. The third kappa shape index (κ3) is 1.43. The van der Waals surface area contributed by atoms with Gasteiger partial charge in [-0.05, 0) is 6.92 Å². The Kier molecular flexibility index (Phi) is 1.85. The molecular weight excluding hydrogens is 130 g/mol. The minimum Gasteiger partial charge on any atom is -0.481 e. The molecule has 0 spiro atoms. The van der Waals surface area contributed by atoms with Crippen molar-refractivity contribution in [3.63, 3.8) is 0 Å². The second kappa shape index (κ2) is 2.64. The fourth-order valence-corrected chi connectivity index (χ4v) is 0.883. The molecule has 1 N–H and O–H groups in total. The van der Waals surface area contributed by atoms with Crippen LogP contribution >= 0.6 is 0 Å². The summed E-state index contributed by atoms with van der Waals surface area (Å²) in [7, 11) is 0. The van der Waals surface area contributed by atoms with Crippen molar-refractivity contribution < 1.29 is 9.90 Å². The average Bonchev–Trinajstić information content (AvgIpc) is 1.88. The van der Waals surface area contributed by atoms with Gasteiger partial charge < -0.3 is 5.11 Å². The maximum absolute atomic E-state index is 10.4. The Labute approximate surface area is 59.1 Å². The van der Waals surface area contributed by atoms with Gasteiger partial charge in [-0.2, -0.15) is 0 Å². The molecule has 0 fully saturated rings. The van der Waals surface area contributed by atoms with E-state index in [1.165, 1.54) is 0 Å². The van der Waals surface area contributed by atoms with Gasteiger partial charge in [-0.15, -0.1) is 0 Å². The fourth-order valence-electron chi connectivity index (χ4n) is 0.883. The van der Waals surface area contributed by atoms with Crippen molar-refractivity contribution in [2.24, 2.45) is 10.9 Å². The molecule has 0 aromatic rings. The SMILES string of the molecule is CC1=NC=CC(C(=O)O)C1. The van der Waals surface area contributed by atoms with Crippen LogP contribution in [0.4, 0.5) is 0 Å². The third-order valence-electron chi connectivity index (χ3n) is 1.45. The van der Waals surface area contributed by atoms with Gasteiger partial charge in [-0.3, -0.25) is 9.79 Å². The van der Waals surface area contributed by atoms with Gasteiger partial charge in [0.15, 0.2) is 0 Å². The normalized spacial score (nSPS) is 24.1. The van der Waals surface area contributed by atoms with Crippen LogP contribution in [-0.2, 0) is 4.79 Å². The van der Waals surface area contributed by atoms with E-state index >= 15 is 0 Å². The number of carbonyl (C=O) groups is 1. The lowest BCUT2D eigenvalue weighted by molar-refractivity contribution is -0.139. The van der Waals surface area contributed by atoms with Gasteiger partial charge in [0.2, 0.25) is 0 Å². The van der Waals surface area contributed by atoms with E-state index in [9.17, 15) is 4.79 Å². The molecule has 1 rings (SSSR count). The van der Waals surface area contributed by atoms with Crippen LogP contribution in [0, 0.1) is 5.92 Å². The Morgan fingerprint density at radius 1 is 1.90 bits per heavy atom. The van der Waals surface area contributed by atoms with Crippen molar-refractivity contribution in [1.29, 1.82) is 0 Å². The number of nitrogens with zero attached hydrogens (tertiary/aromatic N) is 1. The van der Waals surface area contributed by atoms with Gasteiger partial charge in [0.05, 0.1) is 5.92 Å². The van der Waals surface area contributed by atoms with Crippen LogP contribution in [0.1, 0.15) is 13.3 Å². The van der Waals surface area contributed by atoms with Crippen molar-refractivity contribution in [1.82, 2.24) is 0 Å². The van der Waals surface area contributed by atoms with E-state index in [1.54, 1.807) is 12.3 Å².